The number of rotatable bonds is 2. The number of anilines is 1. The highest BCUT2D eigenvalue weighted by molar-refractivity contribution is 5.46. The summed E-state index contributed by atoms with van der Waals surface area (Å²) in [5.41, 5.74) is 0.559. The van der Waals surface area contributed by atoms with Crippen molar-refractivity contribution in [1.29, 1.82) is 0 Å². The van der Waals surface area contributed by atoms with Gasteiger partial charge in [-0.2, -0.15) is 27.8 Å². The Morgan fingerprint density at radius 1 is 1.29 bits per heavy atom. The van der Waals surface area contributed by atoms with E-state index in [2.05, 4.69) is 30.5 Å². The zero-order valence-corrected chi connectivity index (χ0v) is 12.6. The Balaban J connectivity index is 1.67. The molecule has 1 aliphatic rings. The van der Waals surface area contributed by atoms with Gasteiger partial charge in [-0.1, -0.05) is 0 Å². The van der Waals surface area contributed by atoms with Crippen molar-refractivity contribution in [2.75, 3.05) is 5.32 Å². The number of alkyl halides is 3. The highest BCUT2D eigenvalue weighted by atomic mass is 19.4. The number of fused-ring (bicyclic) bond motifs is 2. The Labute approximate surface area is 133 Å². The molecule has 3 aromatic rings. The van der Waals surface area contributed by atoms with E-state index >= 15 is 0 Å². The van der Waals surface area contributed by atoms with Crippen LogP contribution in [0.25, 0.3) is 5.78 Å². The van der Waals surface area contributed by atoms with Crippen LogP contribution in [-0.4, -0.2) is 40.4 Å². The molecule has 0 radical (unpaired) electrons. The van der Waals surface area contributed by atoms with Crippen LogP contribution in [0.1, 0.15) is 23.8 Å². The summed E-state index contributed by atoms with van der Waals surface area (Å²) in [7, 11) is 0. The molecule has 0 fully saturated rings. The summed E-state index contributed by atoms with van der Waals surface area (Å²) in [5.74, 6) is 0.0474. The normalized spacial score (nSPS) is 17.9. The van der Waals surface area contributed by atoms with Crippen LogP contribution < -0.4 is 5.32 Å². The Morgan fingerprint density at radius 3 is 2.92 bits per heavy atom. The summed E-state index contributed by atoms with van der Waals surface area (Å²) in [4.78, 5) is 11.6. The zero-order valence-electron chi connectivity index (χ0n) is 12.6. The molecule has 0 aliphatic carbocycles. The molecule has 0 bridgehead atoms. The molecule has 0 saturated heterocycles. The highest BCUT2D eigenvalue weighted by Crippen LogP contribution is 2.27. The number of nitrogens with one attached hydrogen (secondary N) is 1. The van der Waals surface area contributed by atoms with Gasteiger partial charge in [-0.3, -0.25) is 0 Å². The third-order valence-corrected chi connectivity index (χ3v) is 3.85. The molecule has 11 heteroatoms. The Morgan fingerprint density at radius 2 is 2.12 bits per heavy atom. The van der Waals surface area contributed by atoms with Gasteiger partial charge >= 0.3 is 6.18 Å². The van der Waals surface area contributed by atoms with Crippen LogP contribution in [0.3, 0.4) is 0 Å². The Kier molecular flexibility index (Phi) is 3.18. The molecule has 0 amide bonds. The van der Waals surface area contributed by atoms with E-state index in [0.717, 1.165) is 23.2 Å². The molecule has 4 heterocycles. The lowest BCUT2D eigenvalue weighted by molar-refractivity contribution is -0.144. The molecule has 3 aromatic heterocycles. The maximum atomic E-state index is 12.8. The molecule has 8 nitrogen and oxygen atoms in total. The van der Waals surface area contributed by atoms with Gasteiger partial charge in [0.15, 0.2) is 0 Å². The van der Waals surface area contributed by atoms with E-state index in [1.54, 1.807) is 17.7 Å². The first-order valence-electron chi connectivity index (χ1n) is 7.35. The van der Waals surface area contributed by atoms with Crippen molar-refractivity contribution >= 4 is 11.6 Å². The van der Waals surface area contributed by atoms with Gasteiger partial charge in [-0.05, 0) is 13.3 Å². The second-order valence-electron chi connectivity index (χ2n) is 5.67. The predicted molar refractivity (Wildman–Crippen MR) is 76.3 cm³/mol. The SMILES string of the molecule is Cc1cc(NC2CCc3ncnn3C2)n2nc(C(F)(F)F)nc2n1. The second-order valence-corrected chi connectivity index (χ2v) is 5.67. The fourth-order valence-corrected chi connectivity index (χ4v) is 2.77. The zero-order chi connectivity index (χ0) is 16.9. The van der Waals surface area contributed by atoms with Crippen molar-refractivity contribution < 1.29 is 13.2 Å². The Hall–Kier alpha value is -2.72. The molecular weight excluding hydrogens is 325 g/mol. The van der Waals surface area contributed by atoms with Crippen LogP contribution in [-0.2, 0) is 19.1 Å². The minimum Gasteiger partial charge on any atom is -0.365 e. The number of aryl methyl sites for hydroxylation is 2. The molecule has 24 heavy (non-hydrogen) atoms. The van der Waals surface area contributed by atoms with Crippen LogP contribution in [0.2, 0.25) is 0 Å². The predicted octanol–water partition coefficient (Wildman–Crippen LogP) is 1.47. The average molecular weight is 338 g/mol. The van der Waals surface area contributed by atoms with E-state index in [1.807, 2.05) is 0 Å². The first-order chi connectivity index (χ1) is 11.4. The van der Waals surface area contributed by atoms with Crippen LogP contribution in [0, 0.1) is 6.92 Å². The minimum atomic E-state index is -4.61. The third-order valence-electron chi connectivity index (χ3n) is 3.85. The van der Waals surface area contributed by atoms with E-state index in [-0.39, 0.29) is 11.8 Å². The largest absolute Gasteiger partial charge is 0.453 e. The molecule has 1 atom stereocenters. The van der Waals surface area contributed by atoms with Crippen LogP contribution in [0.15, 0.2) is 12.4 Å². The third kappa shape index (κ3) is 2.55. The van der Waals surface area contributed by atoms with Gasteiger partial charge in [0.05, 0.1) is 6.54 Å². The summed E-state index contributed by atoms with van der Waals surface area (Å²) in [5, 5.41) is 10.9. The molecule has 126 valence electrons. The molecule has 4 rings (SSSR count). The van der Waals surface area contributed by atoms with E-state index < -0.39 is 12.0 Å². The van der Waals surface area contributed by atoms with Crippen molar-refractivity contribution in [2.24, 2.45) is 0 Å². The summed E-state index contributed by atoms with van der Waals surface area (Å²) in [6, 6.07) is 1.65. The number of hydrogen-bond donors (Lipinski definition) is 1. The topological polar surface area (TPSA) is 85.8 Å². The quantitative estimate of drug-likeness (QED) is 0.762. The van der Waals surface area contributed by atoms with Gasteiger partial charge in [0.1, 0.15) is 18.0 Å². The van der Waals surface area contributed by atoms with E-state index in [1.165, 1.54) is 6.33 Å². The van der Waals surface area contributed by atoms with E-state index in [0.29, 0.717) is 18.1 Å². The number of hydrogen-bond acceptors (Lipinski definition) is 6. The molecule has 0 saturated carbocycles. The van der Waals surface area contributed by atoms with Gasteiger partial charge in [-0.25, -0.2) is 14.6 Å². The van der Waals surface area contributed by atoms with Gasteiger partial charge in [-0.15, -0.1) is 5.10 Å². The van der Waals surface area contributed by atoms with Gasteiger partial charge in [0, 0.05) is 24.2 Å². The van der Waals surface area contributed by atoms with Crippen molar-refractivity contribution in [3.05, 3.63) is 29.7 Å². The summed E-state index contributed by atoms with van der Waals surface area (Å²) >= 11 is 0. The smallest absolute Gasteiger partial charge is 0.365 e. The maximum absolute atomic E-state index is 12.8. The molecule has 0 spiro atoms. The summed E-state index contributed by atoms with van der Waals surface area (Å²) in [6.45, 7) is 2.28. The molecule has 1 unspecified atom stereocenters. The van der Waals surface area contributed by atoms with Crippen molar-refractivity contribution in [1.82, 2.24) is 34.3 Å². The number of nitrogens with zero attached hydrogens (tertiary/aromatic N) is 7. The lowest BCUT2D eigenvalue weighted by Gasteiger charge is -2.24. The van der Waals surface area contributed by atoms with Crippen molar-refractivity contribution in [3.63, 3.8) is 0 Å². The average Bonchev–Trinajstić information content (AvgIpc) is 3.12. The maximum Gasteiger partial charge on any atom is 0.453 e. The van der Waals surface area contributed by atoms with Crippen LogP contribution in [0.4, 0.5) is 19.0 Å². The lowest BCUT2D eigenvalue weighted by Crippen LogP contribution is -2.32. The Bertz CT molecular complexity index is 896. The van der Waals surface area contributed by atoms with Crippen LogP contribution in [0.5, 0.6) is 0 Å². The fourth-order valence-electron chi connectivity index (χ4n) is 2.77. The van der Waals surface area contributed by atoms with E-state index in [9.17, 15) is 13.2 Å². The van der Waals surface area contributed by atoms with Gasteiger partial charge in [0.25, 0.3) is 11.6 Å². The van der Waals surface area contributed by atoms with Crippen molar-refractivity contribution in [3.8, 4) is 0 Å². The van der Waals surface area contributed by atoms with E-state index in [4.69, 9.17) is 0 Å². The fraction of sp³-hybridized carbons (Fsp3) is 0.462. The molecule has 1 N–H and O–H groups in total. The minimum absolute atomic E-state index is 0.00253. The van der Waals surface area contributed by atoms with Gasteiger partial charge in [0.2, 0.25) is 0 Å². The highest BCUT2D eigenvalue weighted by Gasteiger charge is 2.37. The van der Waals surface area contributed by atoms with Gasteiger partial charge < -0.3 is 5.32 Å². The first kappa shape index (κ1) is 14.8. The number of halogens is 3. The number of aromatic nitrogens is 7. The summed E-state index contributed by atoms with van der Waals surface area (Å²) in [6.07, 6.45) is -1.57. The van der Waals surface area contributed by atoms with Crippen molar-refractivity contribution in [2.45, 2.75) is 38.5 Å². The monoisotopic (exact) mass is 338 g/mol. The summed E-state index contributed by atoms with van der Waals surface area (Å²) < 4.78 is 41.4. The molecule has 0 aromatic carbocycles. The molecular formula is C13H13F3N8. The molecule has 1 aliphatic heterocycles. The standard InChI is InChI=1S/C13H13F3N8/c1-7-4-10(20-8-2-3-9-17-6-18-23(9)5-8)24-12(19-7)21-11(22-24)13(14,15)16/h4,6,8,20H,2-3,5H2,1H3. The first-order valence-corrected chi connectivity index (χ1v) is 7.35. The second kappa shape index (κ2) is 5.14. The van der Waals surface area contributed by atoms with Crippen LogP contribution >= 0.6 is 0 Å². The lowest BCUT2D eigenvalue weighted by atomic mass is 10.1.